The Bertz CT molecular complexity index is 1130. The number of esters is 1. The fourth-order valence-corrected chi connectivity index (χ4v) is 11.1. The normalized spacial score (nSPS) is 12.5. The minimum Gasteiger partial charge on any atom is -0.466 e. The Kier molecular flexibility index (Phi) is 63.9. The molecule has 0 radical (unpaired) electrons. The molecule has 0 bridgehead atoms. The van der Waals surface area contributed by atoms with Gasteiger partial charge in [0.15, 0.2) is 0 Å². The van der Waals surface area contributed by atoms with Crippen molar-refractivity contribution in [2.75, 3.05) is 13.2 Å². The van der Waals surface area contributed by atoms with Gasteiger partial charge in [0.2, 0.25) is 5.91 Å². The van der Waals surface area contributed by atoms with Gasteiger partial charge >= 0.3 is 5.97 Å². The van der Waals surface area contributed by atoms with Crippen molar-refractivity contribution in [2.45, 2.75) is 405 Å². The number of allylic oxidation sites excluding steroid dienone is 2. The fraction of sp³-hybridized carbons (Fsp3) is 0.942. The largest absolute Gasteiger partial charge is 0.466 e. The van der Waals surface area contributed by atoms with Crippen LogP contribution in [-0.2, 0) is 14.3 Å². The monoisotopic (exact) mass is 1060 g/mol. The maximum absolute atomic E-state index is 12.5. The first-order valence-electron chi connectivity index (χ1n) is 34.4. The van der Waals surface area contributed by atoms with E-state index in [1.165, 1.54) is 321 Å². The van der Waals surface area contributed by atoms with E-state index in [2.05, 4.69) is 31.3 Å². The standard InChI is InChI=1S/C69H135NO5/c1-3-5-7-9-11-13-15-17-19-35-39-43-47-51-55-59-63-69(74)75-64-60-56-52-48-44-40-36-32-30-28-26-24-22-20-21-23-25-27-29-31-34-38-42-46-50-54-58-62-68(73)70-66(65-71)67(72)61-57-53-49-45-41-37-33-18-16-14-12-10-8-6-4-2/h20-21,66-67,71-72H,3-19,22-65H2,1-2H3,(H,70,73)/b21-20-. The number of hydrogen-bond donors (Lipinski definition) is 3. The van der Waals surface area contributed by atoms with Crippen molar-refractivity contribution in [2.24, 2.45) is 0 Å². The average molecular weight is 1060 g/mol. The van der Waals surface area contributed by atoms with Crippen molar-refractivity contribution >= 4 is 11.9 Å². The van der Waals surface area contributed by atoms with Crippen LogP contribution >= 0.6 is 0 Å². The molecule has 0 aromatic rings. The lowest BCUT2D eigenvalue weighted by atomic mass is 10.0. The SMILES string of the molecule is CCCCCCCCCCCCCCCCCCC(=O)OCCCCCCCCCCCCCC/C=C\CCCCCCCCCCCCCC(=O)NC(CO)C(O)CCCCCCCCCCCCCCCCC. The molecular formula is C69H135NO5. The van der Waals surface area contributed by atoms with Gasteiger partial charge in [-0.05, 0) is 51.4 Å². The van der Waals surface area contributed by atoms with Crippen molar-refractivity contribution < 1.29 is 24.5 Å². The van der Waals surface area contributed by atoms with Gasteiger partial charge in [-0.2, -0.15) is 0 Å². The van der Waals surface area contributed by atoms with Crippen LogP contribution in [0.4, 0.5) is 0 Å². The summed E-state index contributed by atoms with van der Waals surface area (Å²) >= 11 is 0. The van der Waals surface area contributed by atoms with Crippen LogP contribution in [0.5, 0.6) is 0 Å². The minimum absolute atomic E-state index is 0.0195. The molecule has 0 saturated heterocycles. The molecule has 2 atom stereocenters. The maximum atomic E-state index is 12.5. The number of nitrogens with one attached hydrogen (secondary N) is 1. The summed E-state index contributed by atoms with van der Waals surface area (Å²) in [6.45, 7) is 4.99. The first-order chi connectivity index (χ1) is 37.0. The van der Waals surface area contributed by atoms with Gasteiger partial charge in [-0.25, -0.2) is 0 Å². The van der Waals surface area contributed by atoms with Gasteiger partial charge in [0.25, 0.3) is 0 Å². The summed E-state index contributed by atoms with van der Waals surface area (Å²) in [5, 5.41) is 23.3. The molecule has 0 saturated carbocycles. The lowest BCUT2D eigenvalue weighted by Gasteiger charge is -2.22. The molecule has 6 nitrogen and oxygen atoms in total. The van der Waals surface area contributed by atoms with Crippen molar-refractivity contribution in [3.63, 3.8) is 0 Å². The number of rotatable bonds is 65. The molecule has 0 heterocycles. The van der Waals surface area contributed by atoms with E-state index in [1.807, 2.05) is 0 Å². The molecule has 6 heteroatoms. The Morgan fingerprint density at radius 1 is 0.360 bits per heavy atom. The lowest BCUT2D eigenvalue weighted by Crippen LogP contribution is -2.45. The summed E-state index contributed by atoms with van der Waals surface area (Å²) in [6.07, 6.45) is 79.7. The minimum atomic E-state index is -0.664. The second kappa shape index (κ2) is 65.1. The van der Waals surface area contributed by atoms with Crippen LogP contribution in [0.25, 0.3) is 0 Å². The van der Waals surface area contributed by atoms with E-state index in [0.29, 0.717) is 25.9 Å². The van der Waals surface area contributed by atoms with Crippen LogP contribution in [0.3, 0.4) is 0 Å². The average Bonchev–Trinajstić information content (AvgIpc) is 3.41. The van der Waals surface area contributed by atoms with Crippen LogP contribution in [-0.4, -0.2) is 47.4 Å². The third-order valence-electron chi connectivity index (χ3n) is 16.3. The molecule has 0 aliphatic rings. The summed E-state index contributed by atoms with van der Waals surface area (Å²) in [5.41, 5.74) is 0. The van der Waals surface area contributed by atoms with Gasteiger partial charge in [0, 0.05) is 12.8 Å². The van der Waals surface area contributed by atoms with E-state index in [-0.39, 0.29) is 18.5 Å². The molecule has 2 unspecified atom stereocenters. The zero-order valence-electron chi connectivity index (χ0n) is 51.1. The van der Waals surface area contributed by atoms with Crippen molar-refractivity contribution in [1.82, 2.24) is 5.32 Å². The highest BCUT2D eigenvalue weighted by atomic mass is 16.5. The molecule has 0 aromatic heterocycles. The predicted molar refractivity (Wildman–Crippen MR) is 329 cm³/mol. The topological polar surface area (TPSA) is 95.9 Å². The zero-order valence-corrected chi connectivity index (χ0v) is 51.1. The lowest BCUT2D eigenvalue weighted by molar-refractivity contribution is -0.143. The summed E-state index contributed by atoms with van der Waals surface area (Å²) in [7, 11) is 0. The van der Waals surface area contributed by atoms with Crippen LogP contribution in [0.15, 0.2) is 12.2 Å². The first-order valence-corrected chi connectivity index (χ1v) is 34.4. The Hall–Kier alpha value is -1.40. The molecule has 0 fully saturated rings. The van der Waals surface area contributed by atoms with E-state index in [9.17, 15) is 19.8 Å². The smallest absolute Gasteiger partial charge is 0.305 e. The van der Waals surface area contributed by atoms with Crippen molar-refractivity contribution in [1.29, 1.82) is 0 Å². The van der Waals surface area contributed by atoms with E-state index >= 15 is 0 Å². The molecule has 0 rings (SSSR count). The Balaban J connectivity index is 3.36. The number of carbonyl (C=O) groups excluding carboxylic acids is 2. The number of aliphatic hydroxyl groups excluding tert-OH is 2. The molecular weight excluding hydrogens is 923 g/mol. The second-order valence-corrected chi connectivity index (χ2v) is 23.9. The third-order valence-corrected chi connectivity index (χ3v) is 16.3. The summed E-state index contributed by atoms with van der Waals surface area (Å²) in [4.78, 5) is 24.6. The molecule has 3 N–H and O–H groups in total. The number of ether oxygens (including phenoxy) is 1. The molecule has 1 amide bonds. The first kappa shape index (κ1) is 73.6. The number of carbonyl (C=O) groups is 2. The van der Waals surface area contributed by atoms with Crippen LogP contribution in [0.1, 0.15) is 393 Å². The van der Waals surface area contributed by atoms with E-state index in [1.54, 1.807) is 0 Å². The molecule has 75 heavy (non-hydrogen) atoms. The van der Waals surface area contributed by atoms with E-state index < -0.39 is 12.1 Å². The number of unbranched alkanes of at least 4 members (excludes halogenated alkanes) is 52. The van der Waals surface area contributed by atoms with E-state index in [4.69, 9.17) is 4.74 Å². The second-order valence-electron chi connectivity index (χ2n) is 23.9. The molecule has 0 aliphatic carbocycles. The summed E-state index contributed by atoms with van der Waals surface area (Å²) in [5.74, 6) is -0.0132. The Morgan fingerprint density at radius 3 is 0.947 bits per heavy atom. The summed E-state index contributed by atoms with van der Waals surface area (Å²) < 4.78 is 5.50. The van der Waals surface area contributed by atoms with Gasteiger partial charge in [-0.1, -0.05) is 341 Å². The van der Waals surface area contributed by atoms with Crippen LogP contribution in [0, 0.1) is 0 Å². The van der Waals surface area contributed by atoms with Gasteiger partial charge in [-0.15, -0.1) is 0 Å². The van der Waals surface area contributed by atoms with Gasteiger partial charge in [-0.3, -0.25) is 9.59 Å². The third kappa shape index (κ3) is 61.7. The Labute approximate surface area is 469 Å². The maximum Gasteiger partial charge on any atom is 0.305 e. The number of amides is 1. The molecule has 446 valence electrons. The van der Waals surface area contributed by atoms with Gasteiger partial charge < -0.3 is 20.3 Å². The van der Waals surface area contributed by atoms with Crippen molar-refractivity contribution in [3.05, 3.63) is 12.2 Å². The van der Waals surface area contributed by atoms with E-state index in [0.717, 1.165) is 38.5 Å². The molecule has 0 aliphatic heterocycles. The highest BCUT2D eigenvalue weighted by Gasteiger charge is 2.20. The summed E-state index contributed by atoms with van der Waals surface area (Å²) in [6, 6.07) is -0.541. The number of hydrogen-bond acceptors (Lipinski definition) is 5. The number of aliphatic hydroxyl groups is 2. The van der Waals surface area contributed by atoms with Crippen molar-refractivity contribution in [3.8, 4) is 0 Å². The van der Waals surface area contributed by atoms with Crippen LogP contribution < -0.4 is 5.32 Å². The van der Waals surface area contributed by atoms with Gasteiger partial charge in [0.1, 0.15) is 0 Å². The van der Waals surface area contributed by atoms with Gasteiger partial charge in [0.05, 0.1) is 25.4 Å². The molecule has 0 spiro atoms. The molecule has 0 aromatic carbocycles. The van der Waals surface area contributed by atoms with Crippen LogP contribution in [0.2, 0.25) is 0 Å². The highest BCUT2D eigenvalue weighted by Crippen LogP contribution is 2.19. The fourth-order valence-electron chi connectivity index (χ4n) is 11.1. The quantitative estimate of drug-likeness (QED) is 0.0320. The Morgan fingerprint density at radius 2 is 0.627 bits per heavy atom. The predicted octanol–water partition coefficient (Wildman–Crippen LogP) is 22.0. The highest BCUT2D eigenvalue weighted by molar-refractivity contribution is 5.76. The zero-order chi connectivity index (χ0) is 54.3.